The van der Waals surface area contributed by atoms with E-state index in [4.69, 9.17) is 0 Å². The molecule has 2 N–H and O–H groups in total. The highest BCUT2D eigenvalue weighted by molar-refractivity contribution is 6.15. The minimum Gasteiger partial charge on any atom is -0.478 e. The Labute approximate surface area is 211 Å². The Morgan fingerprint density at radius 1 is 0.611 bits per heavy atom. The van der Waals surface area contributed by atoms with Gasteiger partial charge in [-0.05, 0) is 37.1 Å². The van der Waals surface area contributed by atoms with Gasteiger partial charge in [0.25, 0.3) is 0 Å². The van der Waals surface area contributed by atoms with Crippen LogP contribution in [0.5, 0.6) is 0 Å². The van der Waals surface area contributed by atoms with Crippen LogP contribution in [0, 0.1) is 10.8 Å². The summed E-state index contributed by atoms with van der Waals surface area (Å²) in [6.45, 7) is 10.8. The quantitative estimate of drug-likeness (QED) is 0.330. The molecule has 0 saturated carbocycles. The number of carboxylic acid groups (broad SMARTS) is 2. The number of ketones is 3. The average molecular weight is 495 g/mol. The zero-order valence-electron chi connectivity index (χ0n) is 21.7. The maximum absolute atomic E-state index is 13.4. The highest BCUT2D eigenvalue weighted by Crippen LogP contribution is 2.32. The van der Waals surface area contributed by atoms with Crippen LogP contribution in [0.15, 0.2) is 36.4 Å². The zero-order valence-corrected chi connectivity index (χ0v) is 21.7. The summed E-state index contributed by atoms with van der Waals surface area (Å²) in [7, 11) is 0. The van der Waals surface area contributed by atoms with Gasteiger partial charge in [0, 0.05) is 33.1 Å². The third-order valence-corrected chi connectivity index (χ3v) is 6.49. The monoisotopic (exact) mass is 494 g/mol. The van der Waals surface area contributed by atoms with E-state index in [0.29, 0.717) is 12.8 Å². The molecule has 7 nitrogen and oxygen atoms in total. The molecule has 0 radical (unpaired) electrons. The Hall–Kier alpha value is -3.61. The molecule has 0 aromatic heterocycles. The molecule has 0 unspecified atom stereocenters. The lowest BCUT2D eigenvalue weighted by molar-refractivity contribution is 0.0678. The van der Waals surface area contributed by atoms with Gasteiger partial charge < -0.3 is 10.2 Å². The molecule has 7 heteroatoms. The lowest BCUT2D eigenvalue weighted by Gasteiger charge is -2.24. The molecular formula is C29H34O7. The minimum absolute atomic E-state index is 0.0608. The highest BCUT2D eigenvalue weighted by atomic mass is 16.4. The van der Waals surface area contributed by atoms with Crippen molar-refractivity contribution in [1.29, 1.82) is 0 Å². The number of hydrogen-bond acceptors (Lipinski definition) is 5. The minimum atomic E-state index is -1.28. The van der Waals surface area contributed by atoms with Crippen LogP contribution in [0.25, 0.3) is 0 Å². The third kappa shape index (κ3) is 5.96. The molecule has 0 fully saturated rings. The third-order valence-electron chi connectivity index (χ3n) is 6.49. The molecule has 36 heavy (non-hydrogen) atoms. The van der Waals surface area contributed by atoms with E-state index in [1.54, 1.807) is 27.7 Å². The van der Waals surface area contributed by atoms with Gasteiger partial charge in [0.05, 0.1) is 11.1 Å². The van der Waals surface area contributed by atoms with Crippen LogP contribution in [0.3, 0.4) is 0 Å². The molecule has 0 heterocycles. The number of benzene rings is 2. The van der Waals surface area contributed by atoms with Crippen molar-refractivity contribution in [2.24, 2.45) is 10.8 Å². The summed E-state index contributed by atoms with van der Waals surface area (Å²) in [6, 6.07) is 7.66. The van der Waals surface area contributed by atoms with Crippen molar-refractivity contribution < 1.29 is 34.2 Å². The van der Waals surface area contributed by atoms with Gasteiger partial charge in [-0.3, -0.25) is 14.4 Å². The van der Waals surface area contributed by atoms with Gasteiger partial charge in [0.2, 0.25) is 0 Å². The van der Waals surface area contributed by atoms with Crippen LogP contribution in [-0.4, -0.2) is 39.5 Å². The lowest BCUT2D eigenvalue weighted by atomic mass is 9.78. The van der Waals surface area contributed by atoms with Crippen molar-refractivity contribution in [3.8, 4) is 0 Å². The Balaban J connectivity index is 2.64. The summed E-state index contributed by atoms with van der Waals surface area (Å²) < 4.78 is 0. The Morgan fingerprint density at radius 3 is 1.22 bits per heavy atom. The molecular weight excluding hydrogens is 460 g/mol. The van der Waals surface area contributed by atoms with Gasteiger partial charge >= 0.3 is 11.9 Å². The molecule has 0 saturated heterocycles. The van der Waals surface area contributed by atoms with Crippen molar-refractivity contribution in [1.82, 2.24) is 0 Å². The summed E-state index contributed by atoms with van der Waals surface area (Å²) in [6.07, 6.45) is 2.53. The first-order valence-corrected chi connectivity index (χ1v) is 12.1. The van der Waals surface area contributed by atoms with E-state index < -0.39 is 28.6 Å². The predicted molar refractivity (Wildman–Crippen MR) is 136 cm³/mol. The van der Waals surface area contributed by atoms with E-state index in [-0.39, 0.29) is 44.9 Å². The smallest absolute Gasteiger partial charge is 0.336 e. The molecule has 0 aliphatic carbocycles. The van der Waals surface area contributed by atoms with Gasteiger partial charge in [-0.1, -0.05) is 66.5 Å². The Morgan fingerprint density at radius 2 is 0.944 bits per heavy atom. The normalized spacial score (nSPS) is 11.7. The molecule has 2 aromatic rings. The van der Waals surface area contributed by atoms with Gasteiger partial charge in [-0.25, -0.2) is 9.59 Å². The topological polar surface area (TPSA) is 126 Å². The maximum atomic E-state index is 13.4. The van der Waals surface area contributed by atoms with E-state index in [2.05, 4.69) is 0 Å². The van der Waals surface area contributed by atoms with Crippen LogP contribution >= 0.6 is 0 Å². The fourth-order valence-electron chi connectivity index (χ4n) is 4.49. The summed E-state index contributed by atoms with van der Waals surface area (Å²) in [5, 5.41) is 19.3. The highest BCUT2D eigenvalue weighted by Gasteiger charge is 2.33. The number of hydrogen-bond donors (Lipinski definition) is 2. The van der Waals surface area contributed by atoms with Gasteiger partial charge in [-0.2, -0.15) is 0 Å². The van der Waals surface area contributed by atoms with Crippen molar-refractivity contribution in [2.45, 2.75) is 67.2 Å². The van der Waals surface area contributed by atoms with Crippen LogP contribution in [0.4, 0.5) is 0 Å². The standard InChI is InChI=1S/C29H34O7/c1-7-13-28(3,4)24(31)21-15-17(9-11-19(21)26(33)34)23(30)18-10-12-20(27(35)36)22(16-18)25(32)29(5,6)14-8-2/h9-12,15-16H,7-8,13-14H2,1-6H3,(H,33,34)(H,35,36). The van der Waals surface area contributed by atoms with Crippen LogP contribution < -0.4 is 0 Å². The van der Waals surface area contributed by atoms with Crippen LogP contribution in [0.2, 0.25) is 0 Å². The zero-order chi connectivity index (χ0) is 27.4. The fraction of sp³-hybridized carbons (Fsp3) is 0.414. The summed E-state index contributed by atoms with van der Waals surface area (Å²) in [5.41, 5.74) is -2.01. The first-order valence-electron chi connectivity index (χ1n) is 12.1. The molecule has 0 spiro atoms. The molecule has 0 aliphatic rings. The maximum Gasteiger partial charge on any atom is 0.336 e. The van der Waals surface area contributed by atoms with E-state index in [1.165, 1.54) is 36.4 Å². The van der Waals surface area contributed by atoms with E-state index in [1.807, 2.05) is 13.8 Å². The van der Waals surface area contributed by atoms with Gasteiger partial charge in [0.15, 0.2) is 17.3 Å². The molecule has 0 atom stereocenters. The number of Topliss-reactive ketones (excluding diaryl/α,β-unsaturated/α-hetero) is 2. The largest absolute Gasteiger partial charge is 0.478 e. The first kappa shape index (κ1) is 28.6. The molecule has 192 valence electrons. The van der Waals surface area contributed by atoms with Crippen LogP contribution in [-0.2, 0) is 0 Å². The number of rotatable bonds is 12. The molecule has 0 bridgehead atoms. The van der Waals surface area contributed by atoms with E-state index in [0.717, 1.165) is 12.8 Å². The van der Waals surface area contributed by atoms with Gasteiger partial charge in [-0.15, -0.1) is 0 Å². The summed E-state index contributed by atoms with van der Waals surface area (Å²) >= 11 is 0. The molecule has 0 amide bonds. The Kier molecular flexibility index (Phi) is 8.73. The lowest BCUT2D eigenvalue weighted by Crippen LogP contribution is -2.27. The molecule has 2 rings (SSSR count). The van der Waals surface area contributed by atoms with Crippen molar-refractivity contribution in [3.05, 3.63) is 69.8 Å². The Bertz CT molecular complexity index is 1120. The number of carboxylic acids is 2. The van der Waals surface area contributed by atoms with Crippen molar-refractivity contribution in [2.75, 3.05) is 0 Å². The fourth-order valence-corrected chi connectivity index (χ4v) is 4.49. The second-order valence-corrected chi connectivity index (χ2v) is 10.4. The number of carbonyl (C=O) groups is 5. The summed E-state index contributed by atoms with van der Waals surface area (Å²) in [5.74, 6) is -3.86. The summed E-state index contributed by atoms with van der Waals surface area (Å²) in [4.78, 5) is 63.5. The van der Waals surface area contributed by atoms with Crippen molar-refractivity contribution >= 4 is 29.3 Å². The molecule has 0 aliphatic heterocycles. The van der Waals surface area contributed by atoms with Crippen LogP contribution in [0.1, 0.15) is 125 Å². The predicted octanol–water partition coefficient (Wildman–Crippen LogP) is 6.33. The average Bonchev–Trinajstić information content (AvgIpc) is 2.81. The second kappa shape index (κ2) is 11.0. The van der Waals surface area contributed by atoms with E-state index in [9.17, 15) is 34.2 Å². The van der Waals surface area contributed by atoms with E-state index >= 15 is 0 Å². The SMILES string of the molecule is CCCC(C)(C)C(=O)c1cc(C(=O)c2ccc(C(=O)O)c(C(=O)C(C)(C)CCC)c2)ccc1C(=O)O. The number of carbonyl (C=O) groups excluding carboxylic acids is 3. The van der Waals surface area contributed by atoms with Gasteiger partial charge in [0.1, 0.15) is 0 Å². The second-order valence-electron chi connectivity index (χ2n) is 10.4. The first-order chi connectivity index (χ1) is 16.7. The number of aromatic carboxylic acids is 2. The van der Waals surface area contributed by atoms with Crippen molar-refractivity contribution in [3.63, 3.8) is 0 Å². The molecule has 2 aromatic carbocycles.